The molecule has 0 radical (unpaired) electrons. The molecule has 0 unspecified atom stereocenters. The van der Waals surface area contributed by atoms with Crippen LogP contribution in [0.15, 0.2) is 18.2 Å². The third kappa shape index (κ3) is 2.99. The van der Waals surface area contributed by atoms with E-state index in [1.807, 2.05) is 0 Å². The first-order valence-electron chi connectivity index (χ1n) is 7.23. The first-order chi connectivity index (χ1) is 9.15. The van der Waals surface area contributed by atoms with Crippen molar-refractivity contribution in [1.82, 2.24) is 4.90 Å². The summed E-state index contributed by atoms with van der Waals surface area (Å²) in [5.41, 5.74) is 4.12. The lowest BCUT2D eigenvalue weighted by molar-refractivity contribution is -0.185. The summed E-state index contributed by atoms with van der Waals surface area (Å²) in [6.45, 7) is 9.02. The second-order valence-corrected chi connectivity index (χ2v) is 5.88. The van der Waals surface area contributed by atoms with Gasteiger partial charge in [0.05, 0.1) is 13.2 Å². The standard InChI is InChI=1S/C16H23NO2/c1-13-9-14(2)11-15(10-13)12-17-5-3-16(4-6-17)18-7-8-19-16/h9-11H,3-8,12H2,1-2H3. The van der Waals surface area contributed by atoms with Gasteiger partial charge in [-0.25, -0.2) is 0 Å². The van der Waals surface area contributed by atoms with Crippen molar-refractivity contribution in [2.45, 2.75) is 39.0 Å². The summed E-state index contributed by atoms with van der Waals surface area (Å²) < 4.78 is 11.5. The first kappa shape index (κ1) is 13.1. The third-order valence-electron chi connectivity index (χ3n) is 4.12. The molecule has 1 spiro atoms. The Kier molecular flexibility index (Phi) is 3.61. The average Bonchev–Trinajstić information content (AvgIpc) is 2.80. The second-order valence-electron chi connectivity index (χ2n) is 5.88. The molecule has 0 amide bonds. The minimum absolute atomic E-state index is 0.251. The molecular weight excluding hydrogens is 238 g/mol. The molecule has 2 heterocycles. The molecule has 0 bridgehead atoms. The van der Waals surface area contributed by atoms with Gasteiger partial charge in [0.1, 0.15) is 0 Å². The predicted octanol–water partition coefficient (Wildman–Crippen LogP) is 2.64. The largest absolute Gasteiger partial charge is 0.347 e. The van der Waals surface area contributed by atoms with Crippen LogP contribution in [0.25, 0.3) is 0 Å². The van der Waals surface area contributed by atoms with Crippen LogP contribution in [0.1, 0.15) is 29.5 Å². The van der Waals surface area contributed by atoms with E-state index in [0.717, 1.165) is 45.7 Å². The minimum atomic E-state index is -0.251. The van der Waals surface area contributed by atoms with Gasteiger partial charge in [0.15, 0.2) is 5.79 Å². The zero-order valence-corrected chi connectivity index (χ0v) is 11.9. The SMILES string of the molecule is Cc1cc(C)cc(CN2CCC3(CC2)OCCO3)c1. The Morgan fingerprint density at radius 3 is 2.16 bits per heavy atom. The third-order valence-corrected chi connectivity index (χ3v) is 4.12. The maximum absolute atomic E-state index is 5.77. The van der Waals surface area contributed by atoms with Crippen LogP contribution in [0.2, 0.25) is 0 Å². The highest BCUT2D eigenvalue weighted by molar-refractivity contribution is 5.28. The van der Waals surface area contributed by atoms with Crippen molar-refractivity contribution < 1.29 is 9.47 Å². The molecule has 19 heavy (non-hydrogen) atoms. The Labute approximate surface area is 115 Å². The van der Waals surface area contributed by atoms with Crippen molar-refractivity contribution in [3.05, 3.63) is 34.9 Å². The zero-order valence-electron chi connectivity index (χ0n) is 11.9. The van der Waals surface area contributed by atoms with Crippen LogP contribution in [0.4, 0.5) is 0 Å². The molecule has 1 aromatic rings. The average molecular weight is 261 g/mol. The van der Waals surface area contributed by atoms with Crippen LogP contribution >= 0.6 is 0 Å². The number of hydrogen-bond acceptors (Lipinski definition) is 3. The van der Waals surface area contributed by atoms with Crippen LogP contribution in [0.5, 0.6) is 0 Å². The Bertz CT molecular complexity index is 422. The van der Waals surface area contributed by atoms with E-state index < -0.39 is 0 Å². The Morgan fingerprint density at radius 2 is 1.58 bits per heavy atom. The molecular formula is C16H23NO2. The van der Waals surface area contributed by atoms with E-state index in [1.54, 1.807) is 0 Å². The number of benzene rings is 1. The van der Waals surface area contributed by atoms with E-state index in [2.05, 4.69) is 36.9 Å². The molecule has 3 rings (SSSR count). The molecule has 2 aliphatic heterocycles. The van der Waals surface area contributed by atoms with Crippen LogP contribution in [0.3, 0.4) is 0 Å². The Hall–Kier alpha value is -0.900. The Morgan fingerprint density at radius 1 is 1.00 bits per heavy atom. The number of hydrogen-bond donors (Lipinski definition) is 0. The highest BCUT2D eigenvalue weighted by Gasteiger charge is 2.39. The number of piperidine rings is 1. The molecule has 2 fully saturated rings. The zero-order chi connectivity index (χ0) is 13.3. The molecule has 2 saturated heterocycles. The van der Waals surface area contributed by atoms with E-state index in [-0.39, 0.29) is 5.79 Å². The van der Waals surface area contributed by atoms with Gasteiger partial charge in [0.2, 0.25) is 0 Å². The lowest BCUT2D eigenvalue weighted by Gasteiger charge is -2.37. The van der Waals surface area contributed by atoms with Gasteiger partial charge in [-0.2, -0.15) is 0 Å². The van der Waals surface area contributed by atoms with Crippen LogP contribution in [-0.4, -0.2) is 37.0 Å². The van der Waals surface area contributed by atoms with Crippen LogP contribution in [-0.2, 0) is 16.0 Å². The molecule has 3 heteroatoms. The molecule has 104 valence electrons. The molecule has 0 aromatic heterocycles. The Balaban J connectivity index is 1.59. The van der Waals surface area contributed by atoms with Gasteiger partial charge in [-0.15, -0.1) is 0 Å². The summed E-state index contributed by atoms with van der Waals surface area (Å²) >= 11 is 0. The van der Waals surface area contributed by atoms with Crippen LogP contribution < -0.4 is 0 Å². The topological polar surface area (TPSA) is 21.7 Å². The van der Waals surface area contributed by atoms with Crippen molar-refractivity contribution in [2.24, 2.45) is 0 Å². The summed E-state index contributed by atoms with van der Waals surface area (Å²) in [5, 5.41) is 0. The fourth-order valence-electron chi connectivity index (χ4n) is 3.26. The lowest BCUT2D eigenvalue weighted by atomic mass is 10.0. The van der Waals surface area contributed by atoms with Gasteiger partial charge >= 0.3 is 0 Å². The monoisotopic (exact) mass is 261 g/mol. The number of likely N-dealkylation sites (tertiary alicyclic amines) is 1. The number of ether oxygens (including phenoxy) is 2. The number of aryl methyl sites for hydroxylation is 2. The van der Waals surface area contributed by atoms with Gasteiger partial charge in [-0.3, -0.25) is 4.90 Å². The number of rotatable bonds is 2. The van der Waals surface area contributed by atoms with E-state index in [4.69, 9.17) is 9.47 Å². The molecule has 0 saturated carbocycles. The molecule has 0 atom stereocenters. The molecule has 0 N–H and O–H groups in total. The van der Waals surface area contributed by atoms with Crippen LogP contribution in [0, 0.1) is 13.8 Å². The maximum Gasteiger partial charge on any atom is 0.170 e. The minimum Gasteiger partial charge on any atom is -0.347 e. The van der Waals surface area contributed by atoms with E-state index in [0.29, 0.717) is 0 Å². The maximum atomic E-state index is 5.77. The van der Waals surface area contributed by atoms with Gasteiger partial charge in [-0.05, 0) is 19.4 Å². The fraction of sp³-hybridized carbons (Fsp3) is 0.625. The highest BCUT2D eigenvalue weighted by Crippen LogP contribution is 2.31. The molecule has 0 aliphatic carbocycles. The van der Waals surface area contributed by atoms with Crippen molar-refractivity contribution in [3.8, 4) is 0 Å². The summed E-state index contributed by atoms with van der Waals surface area (Å²) in [4.78, 5) is 2.50. The second kappa shape index (κ2) is 5.23. The molecule has 1 aromatic carbocycles. The van der Waals surface area contributed by atoms with E-state index in [1.165, 1.54) is 16.7 Å². The quantitative estimate of drug-likeness (QED) is 0.817. The van der Waals surface area contributed by atoms with Gasteiger partial charge < -0.3 is 9.47 Å². The molecule has 3 nitrogen and oxygen atoms in total. The lowest BCUT2D eigenvalue weighted by Crippen LogP contribution is -2.44. The van der Waals surface area contributed by atoms with Gasteiger partial charge in [0, 0.05) is 32.5 Å². The summed E-state index contributed by atoms with van der Waals surface area (Å²) in [7, 11) is 0. The normalized spacial score (nSPS) is 23.1. The van der Waals surface area contributed by atoms with Gasteiger partial charge in [0.25, 0.3) is 0 Å². The first-order valence-corrected chi connectivity index (χ1v) is 7.23. The van der Waals surface area contributed by atoms with Crippen molar-refractivity contribution >= 4 is 0 Å². The van der Waals surface area contributed by atoms with E-state index >= 15 is 0 Å². The fourth-order valence-corrected chi connectivity index (χ4v) is 3.26. The summed E-state index contributed by atoms with van der Waals surface area (Å²) in [6, 6.07) is 6.81. The van der Waals surface area contributed by atoms with Crippen molar-refractivity contribution in [1.29, 1.82) is 0 Å². The van der Waals surface area contributed by atoms with Crippen molar-refractivity contribution in [2.75, 3.05) is 26.3 Å². The predicted molar refractivity (Wildman–Crippen MR) is 75.1 cm³/mol. The summed E-state index contributed by atoms with van der Waals surface area (Å²) in [6.07, 6.45) is 2.00. The molecule has 2 aliphatic rings. The van der Waals surface area contributed by atoms with Crippen molar-refractivity contribution in [3.63, 3.8) is 0 Å². The van der Waals surface area contributed by atoms with E-state index in [9.17, 15) is 0 Å². The van der Waals surface area contributed by atoms with Gasteiger partial charge in [-0.1, -0.05) is 29.3 Å². The smallest absolute Gasteiger partial charge is 0.170 e. The summed E-state index contributed by atoms with van der Waals surface area (Å²) in [5.74, 6) is -0.251. The number of nitrogens with zero attached hydrogens (tertiary/aromatic N) is 1. The highest BCUT2D eigenvalue weighted by atomic mass is 16.7.